The fraction of sp³-hybridized carbons (Fsp3) is 0.200. The highest BCUT2D eigenvalue weighted by Crippen LogP contribution is 2.29. The van der Waals surface area contributed by atoms with Gasteiger partial charge >= 0.3 is 0 Å². The van der Waals surface area contributed by atoms with Crippen LogP contribution < -0.4 is 10.2 Å². The van der Waals surface area contributed by atoms with Gasteiger partial charge in [0.2, 0.25) is 0 Å². The van der Waals surface area contributed by atoms with Gasteiger partial charge in [-0.05, 0) is 58.6 Å². The van der Waals surface area contributed by atoms with Crippen molar-refractivity contribution < 1.29 is 4.79 Å². The Morgan fingerprint density at radius 3 is 2.73 bits per heavy atom. The zero-order chi connectivity index (χ0) is 18.1. The molecule has 1 aliphatic heterocycles. The van der Waals surface area contributed by atoms with E-state index in [2.05, 4.69) is 60.6 Å². The number of H-pyrrole nitrogens is 1. The molecular weight excluding hydrogens is 392 g/mol. The number of fused-ring (bicyclic) bond motifs is 1. The third kappa shape index (κ3) is 3.24. The molecule has 5 nitrogen and oxygen atoms in total. The Morgan fingerprint density at radius 1 is 1.23 bits per heavy atom. The van der Waals surface area contributed by atoms with Gasteiger partial charge in [0.15, 0.2) is 5.82 Å². The van der Waals surface area contributed by atoms with E-state index in [9.17, 15) is 4.79 Å². The second kappa shape index (κ2) is 6.96. The van der Waals surface area contributed by atoms with Gasteiger partial charge in [0, 0.05) is 30.0 Å². The number of carbonyl (C=O) groups excluding carboxylic acids is 1. The summed E-state index contributed by atoms with van der Waals surface area (Å²) in [6.07, 6.45) is 1.09. The summed E-state index contributed by atoms with van der Waals surface area (Å²) in [6.45, 7) is 3.77. The maximum absolute atomic E-state index is 12.4. The van der Waals surface area contributed by atoms with Crippen molar-refractivity contribution in [3.8, 4) is 0 Å². The molecule has 1 aromatic heterocycles. The molecular formula is C20H19BrN4O. The molecule has 0 saturated heterocycles. The summed E-state index contributed by atoms with van der Waals surface area (Å²) in [5.74, 6) is 0.334. The number of benzene rings is 2. The molecule has 0 saturated carbocycles. The number of nitrogens with one attached hydrogen (secondary N) is 2. The zero-order valence-electron chi connectivity index (χ0n) is 14.4. The molecule has 0 spiro atoms. The normalized spacial score (nSPS) is 12.9. The minimum atomic E-state index is -0.171. The van der Waals surface area contributed by atoms with Gasteiger partial charge in [0.05, 0.1) is 4.47 Å². The molecule has 0 aliphatic carbocycles. The Bertz CT molecular complexity index is 949. The Hall–Kier alpha value is -2.60. The van der Waals surface area contributed by atoms with Crippen LogP contribution in [0.2, 0.25) is 0 Å². The summed E-state index contributed by atoms with van der Waals surface area (Å²) in [7, 11) is 0. The average molecular weight is 411 g/mol. The van der Waals surface area contributed by atoms with Gasteiger partial charge < -0.3 is 10.2 Å². The topological polar surface area (TPSA) is 61.0 Å². The number of anilines is 2. The van der Waals surface area contributed by atoms with Crippen molar-refractivity contribution in [2.75, 3.05) is 16.8 Å². The Kier molecular flexibility index (Phi) is 4.51. The summed E-state index contributed by atoms with van der Waals surface area (Å²) in [5.41, 5.74) is 5.40. The van der Waals surface area contributed by atoms with Gasteiger partial charge in [-0.25, -0.2) is 0 Å². The SMILES string of the molecule is Cc1[nH]nc(NC(=O)c2ccc(CN3CCc4ccccc43)cc2)c1Br. The number of aryl methyl sites for hydroxylation is 1. The quantitative estimate of drug-likeness (QED) is 0.673. The van der Waals surface area contributed by atoms with Crippen LogP contribution in [0.1, 0.15) is 27.2 Å². The fourth-order valence-electron chi connectivity index (χ4n) is 3.23. The smallest absolute Gasteiger partial charge is 0.256 e. The Morgan fingerprint density at radius 2 is 2.00 bits per heavy atom. The number of aromatic nitrogens is 2. The van der Waals surface area contributed by atoms with Crippen molar-refractivity contribution in [1.29, 1.82) is 0 Å². The molecule has 0 bridgehead atoms. The molecule has 26 heavy (non-hydrogen) atoms. The van der Waals surface area contributed by atoms with E-state index >= 15 is 0 Å². The molecule has 0 fully saturated rings. The number of nitrogens with zero attached hydrogens (tertiary/aromatic N) is 2. The van der Waals surface area contributed by atoms with Crippen molar-refractivity contribution in [2.24, 2.45) is 0 Å². The number of hydrogen-bond acceptors (Lipinski definition) is 3. The third-order valence-electron chi connectivity index (χ3n) is 4.68. The highest BCUT2D eigenvalue weighted by Gasteiger charge is 2.18. The van der Waals surface area contributed by atoms with Crippen molar-refractivity contribution >= 4 is 33.3 Å². The van der Waals surface area contributed by atoms with Crippen LogP contribution in [0.25, 0.3) is 0 Å². The molecule has 1 aliphatic rings. The molecule has 6 heteroatoms. The lowest BCUT2D eigenvalue weighted by atomic mass is 10.1. The summed E-state index contributed by atoms with van der Waals surface area (Å²) in [5, 5.41) is 9.73. The first-order valence-corrected chi connectivity index (χ1v) is 9.35. The molecule has 2 N–H and O–H groups in total. The standard InChI is InChI=1S/C20H19BrN4O/c1-13-18(21)19(24-23-13)22-20(26)16-8-6-14(7-9-16)12-25-11-10-15-4-2-3-5-17(15)25/h2-9H,10-12H2,1H3,(H2,22,23,24,26). The molecule has 0 radical (unpaired) electrons. The largest absolute Gasteiger partial charge is 0.367 e. The lowest BCUT2D eigenvalue weighted by molar-refractivity contribution is 0.102. The number of aromatic amines is 1. The van der Waals surface area contributed by atoms with Crippen LogP contribution in [0.3, 0.4) is 0 Å². The van der Waals surface area contributed by atoms with Gasteiger partial charge in [-0.15, -0.1) is 0 Å². The van der Waals surface area contributed by atoms with Crippen LogP contribution in [0.4, 0.5) is 11.5 Å². The van der Waals surface area contributed by atoms with Crippen LogP contribution >= 0.6 is 15.9 Å². The third-order valence-corrected chi connectivity index (χ3v) is 5.65. The molecule has 0 unspecified atom stereocenters. The van der Waals surface area contributed by atoms with Crippen LogP contribution in [-0.4, -0.2) is 22.6 Å². The molecule has 4 rings (SSSR count). The Labute approximate surface area is 160 Å². The van der Waals surface area contributed by atoms with Crippen molar-refractivity contribution in [1.82, 2.24) is 10.2 Å². The Balaban J connectivity index is 1.44. The average Bonchev–Trinajstić information content (AvgIpc) is 3.21. The molecule has 132 valence electrons. The fourth-order valence-corrected chi connectivity index (χ4v) is 3.51. The van der Waals surface area contributed by atoms with Crippen LogP contribution in [0.15, 0.2) is 53.0 Å². The van der Waals surface area contributed by atoms with E-state index in [4.69, 9.17) is 0 Å². The minimum Gasteiger partial charge on any atom is -0.367 e. The number of para-hydroxylation sites is 1. The number of halogens is 1. The highest BCUT2D eigenvalue weighted by molar-refractivity contribution is 9.10. The number of hydrogen-bond donors (Lipinski definition) is 2. The minimum absolute atomic E-state index is 0.171. The van der Waals surface area contributed by atoms with Crippen molar-refractivity contribution in [2.45, 2.75) is 19.9 Å². The van der Waals surface area contributed by atoms with E-state index in [0.717, 1.165) is 29.7 Å². The van der Waals surface area contributed by atoms with E-state index in [1.807, 2.05) is 31.2 Å². The molecule has 2 heterocycles. The summed E-state index contributed by atoms with van der Waals surface area (Å²) < 4.78 is 0.773. The highest BCUT2D eigenvalue weighted by atomic mass is 79.9. The van der Waals surface area contributed by atoms with Crippen LogP contribution in [0, 0.1) is 6.92 Å². The number of carbonyl (C=O) groups is 1. The molecule has 2 aromatic carbocycles. The molecule has 3 aromatic rings. The predicted molar refractivity (Wildman–Crippen MR) is 107 cm³/mol. The molecule has 0 atom stereocenters. The summed E-state index contributed by atoms with van der Waals surface area (Å²) in [4.78, 5) is 14.8. The first-order chi connectivity index (χ1) is 12.6. The van der Waals surface area contributed by atoms with Crippen LogP contribution in [0.5, 0.6) is 0 Å². The van der Waals surface area contributed by atoms with Gasteiger partial charge in [-0.1, -0.05) is 30.3 Å². The number of rotatable bonds is 4. The van der Waals surface area contributed by atoms with E-state index < -0.39 is 0 Å². The van der Waals surface area contributed by atoms with Gasteiger partial charge in [-0.2, -0.15) is 5.10 Å². The monoisotopic (exact) mass is 410 g/mol. The second-order valence-corrected chi connectivity index (χ2v) is 7.26. The maximum Gasteiger partial charge on any atom is 0.256 e. The van der Waals surface area contributed by atoms with Crippen molar-refractivity contribution in [3.63, 3.8) is 0 Å². The lowest BCUT2D eigenvalue weighted by Gasteiger charge is -2.19. The predicted octanol–water partition coefficient (Wildman–Crippen LogP) is 4.30. The van der Waals surface area contributed by atoms with E-state index in [1.165, 1.54) is 16.8 Å². The second-order valence-electron chi connectivity index (χ2n) is 6.46. The maximum atomic E-state index is 12.4. The first-order valence-electron chi connectivity index (χ1n) is 8.55. The van der Waals surface area contributed by atoms with Gasteiger partial charge in [-0.3, -0.25) is 9.89 Å². The summed E-state index contributed by atoms with van der Waals surface area (Å²) in [6, 6.07) is 16.3. The lowest BCUT2D eigenvalue weighted by Crippen LogP contribution is -2.19. The molecule has 1 amide bonds. The van der Waals surface area contributed by atoms with Gasteiger partial charge in [0.1, 0.15) is 0 Å². The first kappa shape index (κ1) is 16.8. The van der Waals surface area contributed by atoms with E-state index in [1.54, 1.807) is 0 Å². The van der Waals surface area contributed by atoms with Crippen molar-refractivity contribution in [3.05, 3.63) is 75.4 Å². The zero-order valence-corrected chi connectivity index (χ0v) is 16.0. The van der Waals surface area contributed by atoms with Crippen LogP contribution in [-0.2, 0) is 13.0 Å². The summed E-state index contributed by atoms with van der Waals surface area (Å²) >= 11 is 3.41. The van der Waals surface area contributed by atoms with E-state index in [-0.39, 0.29) is 5.91 Å². The van der Waals surface area contributed by atoms with Gasteiger partial charge in [0.25, 0.3) is 5.91 Å². The number of amides is 1. The van der Waals surface area contributed by atoms with E-state index in [0.29, 0.717) is 11.4 Å².